The van der Waals surface area contributed by atoms with Crippen LogP contribution in [0.25, 0.3) is 0 Å². The van der Waals surface area contributed by atoms with Crippen LogP contribution in [-0.2, 0) is 0 Å². The number of halogens is 1. The van der Waals surface area contributed by atoms with Crippen LogP contribution in [0.4, 0.5) is 0 Å². The molecule has 0 aliphatic carbocycles. The van der Waals surface area contributed by atoms with E-state index in [9.17, 15) is 4.79 Å². The van der Waals surface area contributed by atoms with Crippen molar-refractivity contribution in [3.63, 3.8) is 0 Å². The van der Waals surface area contributed by atoms with Crippen LogP contribution in [0.5, 0.6) is 11.5 Å². The molecule has 0 atom stereocenters. The maximum Gasteiger partial charge on any atom is 0.165 e. The minimum atomic E-state index is -0.0656. The van der Waals surface area contributed by atoms with Crippen molar-refractivity contribution < 1.29 is 9.53 Å². The number of Topliss-reactive ketones (excluding diaryl/α,β-unsaturated/α-hetero) is 1. The minimum absolute atomic E-state index is 0.0656. The second-order valence-corrected chi connectivity index (χ2v) is 4.96. The predicted octanol–water partition coefficient (Wildman–Crippen LogP) is 4.11. The van der Waals surface area contributed by atoms with Crippen LogP contribution in [0.2, 0.25) is 5.02 Å². The Morgan fingerprint density at radius 2 is 2.11 bits per heavy atom. The molecule has 0 unspecified atom stereocenters. The molecule has 1 heterocycles. The van der Waals surface area contributed by atoms with Gasteiger partial charge in [0.05, 0.1) is 17.4 Å². The average molecular weight is 279 g/mol. The highest BCUT2D eigenvalue weighted by Crippen LogP contribution is 2.27. The van der Waals surface area contributed by atoms with Crippen LogP contribution >= 0.6 is 11.6 Å². The number of hydrogen-bond donors (Lipinski definition) is 0. The summed E-state index contributed by atoms with van der Waals surface area (Å²) in [6.07, 6.45) is 3.46. The van der Waals surface area contributed by atoms with Gasteiger partial charge in [0.25, 0.3) is 0 Å². The topological polar surface area (TPSA) is 44.1 Å². The Hall–Kier alpha value is -1.81. The Morgan fingerprint density at radius 1 is 1.37 bits per heavy atom. The number of carbonyl (C=O) groups excluding carboxylic acids is 1. The molecule has 1 aromatic carbocycles. The van der Waals surface area contributed by atoms with Crippen molar-refractivity contribution in [2.45, 2.75) is 26.8 Å². The number of benzene rings is 1. The molecule has 5 heteroatoms. The molecule has 1 aromatic heterocycles. The van der Waals surface area contributed by atoms with Gasteiger partial charge in [0.2, 0.25) is 0 Å². The van der Waals surface area contributed by atoms with Gasteiger partial charge in [-0.05, 0) is 32.9 Å². The molecule has 0 fully saturated rings. The van der Waals surface area contributed by atoms with Crippen molar-refractivity contribution in [3.05, 3.63) is 41.2 Å². The van der Waals surface area contributed by atoms with Gasteiger partial charge in [-0.25, -0.2) is 0 Å². The first kappa shape index (κ1) is 13.6. The molecule has 0 N–H and O–H groups in total. The summed E-state index contributed by atoms with van der Waals surface area (Å²) in [6.45, 7) is 5.55. The van der Waals surface area contributed by atoms with Crippen LogP contribution in [0.15, 0.2) is 30.6 Å². The van der Waals surface area contributed by atoms with Crippen LogP contribution in [-0.4, -0.2) is 15.6 Å². The van der Waals surface area contributed by atoms with E-state index in [1.807, 2.05) is 20.0 Å². The van der Waals surface area contributed by atoms with Crippen molar-refractivity contribution in [1.82, 2.24) is 9.78 Å². The maximum absolute atomic E-state index is 11.3. The van der Waals surface area contributed by atoms with E-state index in [0.717, 1.165) is 0 Å². The van der Waals surface area contributed by atoms with E-state index in [1.54, 1.807) is 29.1 Å². The van der Waals surface area contributed by atoms with Gasteiger partial charge in [-0.1, -0.05) is 11.6 Å². The Kier molecular flexibility index (Phi) is 3.90. The van der Waals surface area contributed by atoms with Crippen molar-refractivity contribution in [2.24, 2.45) is 0 Å². The molecule has 0 amide bonds. The Labute approximate surface area is 116 Å². The summed E-state index contributed by atoms with van der Waals surface area (Å²) in [4.78, 5) is 11.3. The largest absolute Gasteiger partial charge is 0.454 e. The molecule has 19 heavy (non-hydrogen) atoms. The lowest BCUT2D eigenvalue weighted by molar-refractivity contribution is 0.101. The molecule has 2 aromatic rings. The second-order valence-electron chi connectivity index (χ2n) is 4.55. The third-order valence-corrected chi connectivity index (χ3v) is 2.98. The summed E-state index contributed by atoms with van der Waals surface area (Å²) in [6, 6.07) is 5.29. The summed E-state index contributed by atoms with van der Waals surface area (Å²) in [5, 5.41) is 4.57. The highest BCUT2D eigenvalue weighted by molar-refractivity contribution is 6.34. The van der Waals surface area contributed by atoms with Crippen molar-refractivity contribution in [1.29, 1.82) is 0 Å². The van der Waals surface area contributed by atoms with Crippen LogP contribution in [0.1, 0.15) is 37.2 Å². The van der Waals surface area contributed by atoms with E-state index in [2.05, 4.69) is 5.10 Å². The van der Waals surface area contributed by atoms with Gasteiger partial charge in [0.15, 0.2) is 11.5 Å². The Bertz CT molecular complexity index is 605. The average Bonchev–Trinajstić information content (AvgIpc) is 2.77. The summed E-state index contributed by atoms with van der Waals surface area (Å²) >= 11 is 6.02. The molecular weight excluding hydrogens is 264 g/mol. The van der Waals surface area contributed by atoms with Gasteiger partial charge in [0.1, 0.15) is 5.75 Å². The van der Waals surface area contributed by atoms with E-state index in [1.165, 1.54) is 6.92 Å². The van der Waals surface area contributed by atoms with Gasteiger partial charge < -0.3 is 4.74 Å². The number of ketones is 1. The molecule has 0 spiro atoms. The fourth-order valence-corrected chi connectivity index (χ4v) is 1.94. The van der Waals surface area contributed by atoms with E-state index >= 15 is 0 Å². The number of ether oxygens (including phenoxy) is 1. The monoisotopic (exact) mass is 278 g/mol. The van der Waals surface area contributed by atoms with Gasteiger partial charge in [-0.3, -0.25) is 9.48 Å². The van der Waals surface area contributed by atoms with Crippen molar-refractivity contribution in [3.8, 4) is 11.5 Å². The number of hydrogen-bond acceptors (Lipinski definition) is 3. The zero-order chi connectivity index (χ0) is 14.0. The normalized spacial score (nSPS) is 10.8. The SMILES string of the molecule is CC(=O)c1ccc(Oc2cnn(C(C)C)c2)cc1Cl. The molecular formula is C14H15ClN2O2. The minimum Gasteiger partial charge on any atom is -0.454 e. The molecule has 4 nitrogen and oxygen atoms in total. The third kappa shape index (κ3) is 3.15. The predicted molar refractivity (Wildman–Crippen MR) is 74.1 cm³/mol. The fraction of sp³-hybridized carbons (Fsp3) is 0.286. The number of nitrogens with zero attached hydrogens (tertiary/aromatic N) is 2. The quantitative estimate of drug-likeness (QED) is 0.791. The van der Waals surface area contributed by atoms with Gasteiger partial charge in [-0.2, -0.15) is 5.10 Å². The molecule has 0 aliphatic heterocycles. The van der Waals surface area contributed by atoms with E-state index in [0.29, 0.717) is 22.1 Å². The molecule has 0 radical (unpaired) electrons. The smallest absolute Gasteiger partial charge is 0.165 e. The van der Waals surface area contributed by atoms with E-state index < -0.39 is 0 Å². The summed E-state index contributed by atoms with van der Waals surface area (Å²) in [5.74, 6) is 1.16. The highest BCUT2D eigenvalue weighted by atomic mass is 35.5. The number of aromatic nitrogens is 2. The van der Waals surface area contributed by atoms with Crippen LogP contribution in [0.3, 0.4) is 0 Å². The maximum atomic E-state index is 11.3. The zero-order valence-corrected chi connectivity index (χ0v) is 11.8. The van der Waals surface area contributed by atoms with E-state index in [4.69, 9.17) is 16.3 Å². The Balaban J connectivity index is 2.19. The van der Waals surface area contributed by atoms with Gasteiger partial charge >= 0.3 is 0 Å². The fourth-order valence-electron chi connectivity index (χ4n) is 1.64. The molecule has 0 saturated heterocycles. The Morgan fingerprint density at radius 3 is 2.63 bits per heavy atom. The molecule has 0 saturated carbocycles. The lowest BCUT2D eigenvalue weighted by Gasteiger charge is -2.06. The summed E-state index contributed by atoms with van der Waals surface area (Å²) < 4.78 is 7.45. The molecule has 2 rings (SSSR count). The first-order chi connectivity index (χ1) is 8.97. The van der Waals surface area contributed by atoms with Gasteiger partial charge in [0, 0.05) is 17.7 Å². The van der Waals surface area contributed by atoms with Crippen molar-refractivity contribution in [2.75, 3.05) is 0 Å². The number of carbonyl (C=O) groups is 1. The van der Waals surface area contributed by atoms with Gasteiger partial charge in [-0.15, -0.1) is 0 Å². The second kappa shape index (κ2) is 5.45. The van der Waals surface area contributed by atoms with Crippen LogP contribution < -0.4 is 4.74 Å². The molecule has 0 bridgehead atoms. The first-order valence-electron chi connectivity index (χ1n) is 6.00. The van der Waals surface area contributed by atoms with E-state index in [-0.39, 0.29) is 11.8 Å². The summed E-state index contributed by atoms with van der Waals surface area (Å²) in [5.41, 5.74) is 0.492. The van der Waals surface area contributed by atoms with Crippen molar-refractivity contribution >= 4 is 17.4 Å². The highest BCUT2D eigenvalue weighted by Gasteiger charge is 2.08. The lowest BCUT2D eigenvalue weighted by Crippen LogP contribution is -1.99. The molecule has 0 aliphatic rings. The first-order valence-corrected chi connectivity index (χ1v) is 6.37. The zero-order valence-electron chi connectivity index (χ0n) is 11.1. The standard InChI is InChI=1S/C14H15ClN2O2/c1-9(2)17-8-12(7-16-17)19-11-4-5-13(10(3)18)14(15)6-11/h4-9H,1-3H3. The van der Waals surface area contributed by atoms with Crippen LogP contribution in [0, 0.1) is 0 Å². The summed E-state index contributed by atoms with van der Waals surface area (Å²) in [7, 11) is 0. The lowest BCUT2D eigenvalue weighted by atomic mass is 10.1. The third-order valence-electron chi connectivity index (χ3n) is 2.66. The molecule has 100 valence electrons. The number of rotatable bonds is 4.